The van der Waals surface area contributed by atoms with Crippen LogP contribution in [0.2, 0.25) is 5.02 Å². The number of alkyl halides is 2. The van der Waals surface area contributed by atoms with Gasteiger partial charge in [-0.3, -0.25) is 0 Å². The second-order valence-corrected chi connectivity index (χ2v) is 5.32. The molecule has 106 valence electrons. The lowest BCUT2D eigenvalue weighted by molar-refractivity contribution is -0.0498. The summed E-state index contributed by atoms with van der Waals surface area (Å²) in [6, 6.07) is 11.9. The Morgan fingerprint density at radius 1 is 1.15 bits per heavy atom. The molecule has 0 heterocycles. The van der Waals surface area contributed by atoms with Gasteiger partial charge in [-0.1, -0.05) is 27.5 Å². The van der Waals surface area contributed by atoms with Gasteiger partial charge in [0.25, 0.3) is 0 Å². The van der Waals surface area contributed by atoms with Crippen molar-refractivity contribution >= 4 is 33.2 Å². The Labute approximate surface area is 128 Å². The van der Waals surface area contributed by atoms with E-state index < -0.39 is 6.61 Å². The molecule has 0 fully saturated rings. The number of hydrogen-bond acceptors (Lipinski definition) is 2. The first-order valence-electron chi connectivity index (χ1n) is 5.77. The van der Waals surface area contributed by atoms with Crippen molar-refractivity contribution in [1.29, 1.82) is 0 Å². The van der Waals surface area contributed by atoms with Gasteiger partial charge in [0.05, 0.1) is 0 Å². The maximum atomic E-state index is 12.0. The van der Waals surface area contributed by atoms with Gasteiger partial charge in [0.2, 0.25) is 0 Å². The lowest BCUT2D eigenvalue weighted by atomic mass is 10.2. The third-order valence-corrected chi connectivity index (χ3v) is 3.43. The number of nitrogens with one attached hydrogen (secondary N) is 1. The van der Waals surface area contributed by atoms with E-state index in [1.54, 1.807) is 12.1 Å². The zero-order chi connectivity index (χ0) is 14.5. The number of benzene rings is 2. The minimum Gasteiger partial charge on any atom is -0.435 e. The predicted octanol–water partition coefficient (Wildman–Crippen LogP) is 5.32. The molecule has 0 amide bonds. The minimum atomic E-state index is -2.81. The van der Waals surface area contributed by atoms with E-state index in [1.165, 1.54) is 12.1 Å². The van der Waals surface area contributed by atoms with Crippen molar-refractivity contribution in [2.75, 3.05) is 5.32 Å². The molecular weight excluding hydrogens is 352 g/mol. The van der Waals surface area contributed by atoms with Crippen molar-refractivity contribution in [2.45, 2.75) is 13.2 Å². The molecule has 6 heteroatoms. The van der Waals surface area contributed by atoms with Crippen LogP contribution in [0.5, 0.6) is 5.75 Å². The molecule has 0 aliphatic heterocycles. The highest BCUT2D eigenvalue weighted by Gasteiger charge is 2.04. The molecule has 0 aromatic heterocycles. The van der Waals surface area contributed by atoms with Crippen molar-refractivity contribution in [3.05, 3.63) is 57.5 Å². The number of ether oxygens (including phenoxy) is 1. The van der Waals surface area contributed by atoms with Crippen LogP contribution < -0.4 is 10.1 Å². The Hall–Kier alpha value is -1.33. The second-order valence-electron chi connectivity index (χ2n) is 3.99. The Bertz CT molecular complexity index is 578. The topological polar surface area (TPSA) is 21.3 Å². The van der Waals surface area contributed by atoms with Gasteiger partial charge in [-0.2, -0.15) is 8.78 Å². The standard InChI is InChI=1S/C14H11BrClF2NO/c15-10-1-6-13(16)9(7-10)8-19-11-2-4-12(5-3-11)20-14(17)18/h1-7,14,19H,8H2. The molecule has 20 heavy (non-hydrogen) atoms. The lowest BCUT2D eigenvalue weighted by Gasteiger charge is -2.10. The Morgan fingerprint density at radius 2 is 1.85 bits per heavy atom. The molecule has 2 aromatic carbocycles. The summed E-state index contributed by atoms with van der Waals surface area (Å²) in [5.74, 6) is 0.131. The van der Waals surface area contributed by atoms with Crippen LogP contribution in [0.4, 0.5) is 14.5 Å². The Kier molecular flexibility index (Phi) is 5.20. The van der Waals surface area contributed by atoms with E-state index in [4.69, 9.17) is 11.6 Å². The van der Waals surface area contributed by atoms with E-state index in [-0.39, 0.29) is 5.75 Å². The molecule has 0 bridgehead atoms. The highest BCUT2D eigenvalue weighted by atomic mass is 79.9. The first-order valence-corrected chi connectivity index (χ1v) is 6.94. The summed E-state index contributed by atoms with van der Waals surface area (Å²) in [6.07, 6.45) is 0. The van der Waals surface area contributed by atoms with E-state index in [0.717, 1.165) is 15.7 Å². The highest BCUT2D eigenvalue weighted by molar-refractivity contribution is 9.10. The fourth-order valence-electron chi connectivity index (χ4n) is 1.63. The van der Waals surface area contributed by atoms with Gasteiger partial charge in [0.15, 0.2) is 0 Å². The van der Waals surface area contributed by atoms with E-state index in [1.807, 2.05) is 18.2 Å². The van der Waals surface area contributed by atoms with Crippen LogP contribution in [0, 0.1) is 0 Å². The molecule has 2 rings (SSSR count). The quantitative estimate of drug-likeness (QED) is 0.777. The number of halogens is 4. The van der Waals surface area contributed by atoms with Crippen molar-refractivity contribution < 1.29 is 13.5 Å². The Balaban J connectivity index is 1.98. The van der Waals surface area contributed by atoms with Crippen LogP contribution in [0.15, 0.2) is 46.9 Å². The highest BCUT2D eigenvalue weighted by Crippen LogP contribution is 2.23. The largest absolute Gasteiger partial charge is 0.435 e. The summed E-state index contributed by atoms with van der Waals surface area (Å²) >= 11 is 9.46. The van der Waals surface area contributed by atoms with Gasteiger partial charge >= 0.3 is 6.61 Å². The molecule has 0 radical (unpaired) electrons. The summed E-state index contributed by atoms with van der Waals surface area (Å²) < 4.78 is 29.3. The fourth-order valence-corrected chi connectivity index (χ4v) is 2.22. The summed E-state index contributed by atoms with van der Waals surface area (Å²) in [6.45, 7) is -2.28. The summed E-state index contributed by atoms with van der Waals surface area (Å²) in [5.41, 5.74) is 1.73. The van der Waals surface area contributed by atoms with Gasteiger partial charge in [0.1, 0.15) is 5.75 Å². The third-order valence-electron chi connectivity index (χ3n) is 2.57. The van der Waals surface area contributed by atoms with Crippen molar-refractivity contribution in [3.8, 4) is 5.75 Å². The SMILES string of the molecule is FC(F)Oc1ccc(NCc2cc(Br)ccc2Cl)cc1. The van der Waals surface area contributed by atoms with Gasteiger partial charge in [-0.25, -0.2) is 0 Å². The van der Waals surface area contributed by atoms with Crippen LogP contribution in [0.3, 0.4) is 0 Å². The zero-order valence-corrected chi connectivity index (χ0v) is 12.6. The molecule has 2 nitrogen and oxygen atoms in total. The van der Waals surface area contributed by atoms with Gasteiger partial charge in [-0.05, 0) is 48.0 Å². The number of hydrogen-bond donors (Lipinski definition) is 1. The molecule has 0 aliphatic rings. The molecule has 0 spiro atoms. The maximum Gasteiger partial charge on any atom is 0.387 e. The van der Waals surface area contributed by atoms with E-state index in [2.05, 4.69) is 26.0 Å². The van der Waals surface area contributed by atoms with Crippen LogP contribution in [-0.4, -0.2) is 6.61 Å². The summed E-state index contributed by atoms with van der Waals surface area (Å²) in [7, 11) is 0. The Morgan fingerprint density at radius 3 is 2.50 bits per heavy atom. The average molecular weight is 363 g/mol. The lowest BCUT2D eigenvalue weighted by Crippen LogP contribution is -2.03. The molecule has 2 aromatic rings. The molecule has 0 aliphatic carbocycles. The zero-order valence-electron chi connectivity index (χ0n) is 10.2. The molecule has 0 atom stereocenters. The summed E-state index contributed by atoms with van der Waals surface area (Å²) in [5, 5.41) is 3.83. The van der Waals surface area contributed by atoms with Gasteiger partial charge < -0.3 is 10.1 Å². The normalized spacial score (nSPS) is 10.7. The first kappa shape index (κ1) is 15.1. The van der Waals surface area contributed by atoms with Crippen molar-refractivity contribution in [2.24, 2.45) is 0 Å². The van der Waals surface area contributed by atoms with E-state index in [0.29, 0.717) is 11.6 Å². The molecule has 0 saturated heterocycles. The molecular formula is C14H11BrClF2NO. The van der Waals surface area contributed by atoms with Crippen LogP contribution in [0.1, 0.15) is 5.56 Å². The van der Waals surface area contributed by atoms with E-state index in [9.17, 15) is 8.78 Å². The first-order chi connectivity index (χ1) is 9.54. The van der Waals surface area contributed by atoms with Crippen LogP contribution in [-0.2, 0) is 6.54 Å². The predicted molar refractivity (Wildman–Crippen MR) is 79.6 cm³/mol. The monoisotopic (exact) mass is 361 g/mol. The molecule has 0 unspecified atom stereocenters. The van der Waals surface area contributed by atoms with Crippen LogP contribution >= 0.6 is 27.5 Å². The van der Waals surface area contributed by atoms with E-state index >= 15 is 0 Å². The van der Waals surface area contributed by atoms with Crippen molar-refractivity contribution in [3.63, 3.8) is 0 Å². The smallest absolute Gasteiger partial charge is 0.387 e. The van der Waals surface area contributed by atoms with Crippen molar-refractivity contribution in [1.82, 2.24) is 0 Å². The van der Waals surface area contributed by atoms with Crippen LogP contribution in [0.25, 0.3) is 0 Å². The summed E-state index contributed by atoms with van der Waals surface area (Å²) in [4.78, 5) is 0. The molecule has 1 N–H and O–H groups in total. The molecule has 0 saturated carbocycles. The van der Waals surface area contributed by atoms with Gasteiger partial charge in [0, 0.05) is 21.7 Å². The maximum absolute atomic E-state index is 12.0. The fraction of sp³-hybridized carbons (Fsp3) is 0.143. The van der Waals surface area contributed by atoms with Gasteiger partial charge in [-0.15, -0.1) is 0 Å². The average Bonchev–Trinajstić information content (AvgIpc) is 2.41. The number of rotatable bonds is 5. The minimum absolute atomic E-state index is 0.131. The number of anilines is 1. The second kappa shape index (κ2) is 6.90. The third kappa shape index (κ3) is 4.35.